The molecule has 2 aromatic rings. The van der Waals surface area contributed by atoms with E-state index in [4.69, 9.17) is 9.47 Å². The maximum atomic E-state index is 5.24. The van der Waals surface area contributed by atoms with Crippen molar-refractivity contribution in [2.75, 3.05) is 14.2 Å². The molecular formula is C12H11O2. The van der Waals surface area contributed by atoms with Crippen LogP contribution in [0.15, 0.2) is 30.3 Å². The van der Waals surface area contributed by atoms with E-state index in [9.17, 15) is 0 Å². The third-order valence-electron chi connectivity index (χ3n) is 2.20. The molecule has 0 spiro atoms. The van der Waals surface area contributed by atoms with Gasteiger partial charge in [0, 0.05) is 16.8 Å². The maximum absolute atomic E-state index is 5.24. The number of methoxy groups -OCH3 is 2. The monoisotopic (exact) mass is 187 g/mol. The Bertz CT molecular complexity index is 407. The summed E-state index contributed by atoms with van der Waals surface area (Å²) in [5.41, 5.74) is 0. The number of hydrogen-bond acceptors (Lipinski definition) is 2. The quantitative estimate of drug-likeness (QED) is 0.719. The summed E-state index contributed by atoms with van der Waals surface area (Å²) >= 11 is 0. The molecule has 14 heavy (non-hydrogen) atoms. The Morgan fingerprint density at radius 3 is 2.36 bits per heavy atom. The Hall–Kier alpha value is -1.70. The summed E-state index contributed by atoms with van der Waals surface area (Å²) in [6.45, 7) is 0. The van der Waals surface area contributed by atoms with E-state index in [-0.39, 0.29) is 0 Å². The highest BCUT2D eigenvalue weighted by Crippen LogP contribution is 2.31. The molecule has 0 atom stereocenters. The van der Waals surface area contributed by atoms with Crippen molar-refractivity contribution < 1.29 is 9.47 Å². The summed E-state index contributed by atoms with van der Waals surface area (Å²) in [7, 11) is 3.30. The van der Waals surface area contributed by atoms with Gasteiger partial charge in [0.2, 0.25) is 0 Å². The molecule has 0 aliphatic rings. The van der Waals surface area contributed by atoms with E-state index in [0.29, 0.717) is 0 Å². The molecule has 0 N–H and O–H groups in total. The molecule has 0 aliphatic carbocycles. The van der Waals surface area contributed by atoms with E-state index in [1.54, 1.807) is 20.3 Å². The minimum Gasteiger partial charge on any atom is -0.496 e. The van der Waals surface area contributed by atoms with Crippen molar-refractivity contribution in [3.63, 3.8) is 0 Å². The van der Waals surface area contributed by atoms with Gasteiger partial charge >= 0.3 is 0 Å². The molecule has 0 bridgehead atoms. The molecule has 0 aliphatic heterocycles. The summed E-state index contributed by atoms with van der Waals surface area (Å²) in [6, 6.07) is 12.8. The van der Waals surface area contributed by atoms with Gasteiger partial charge in [0.15, 0.2) is 0 Å². The normalized spacial score (nSPS) is 10.1. The summed E-state index contributed by atoms with van der Waals surface area (Å²) < 4.78 is 10.5. The van der Waals surface area contributed by atoms with Crippen molar-refractivity contribution >= 4 is 10.8 Å². The number of fused-ring (bicyclic) bond motifs is 1. The SMILES string of the molecule is COc1[c]cc(OC)c2ccccc12. The van der Waals surface area contributed by atoms with Crippen LogP contribution in [0.5, 0.6) is 11.5 Å². The van der Waals surface area contributed by atoms with Crippen LogP contribution in [-0.2, 0) is 0 Å². The Morgan fingerprint density at radius 2 is 1.71 bits per heavy atom. The van der Waals surface area contributed by atoms with Crippen molar-refractivity contribution in [3.05, 3.63) is 36.4 Å². The standard InChI is InChI=1S/C12H11O2/c1-13-11-7-8-12(14-2)10-6-4-3-5-9(10)11/h3-7H,1-2H3. The summed E-state index contributed by atoms with van der Waals surface area (Å²) in [6.07, 6.45) is 0. The van der Waals surface area contributed by atoms with E-state index in [2.05, 4.69) is 6.07 Å². The van der Waals surface area contributed by atoms with Gasteiger partial charge < -0.3 is 9.47 Å². The molecule has 0 fully saturated rings. The zero-order chi connectivity index (χ0) is 9.97. The van der Waals surface area contributed by atoms with E-state index in [1.807, 2.05) is 24.3 Å². The van der Waals surface area contributed by atoms with Crippen LogP contribution in [0.2, 0.25) is 0 Å². The predicted octanol–water partition coefficient (Wildman–Crippen LogP) is 2.66. The lowest BCUT2D eigenvalue weighted by molar-refractivity contribution is 0.410. The van der Waals surface area contributed by atoms with Crippen LogP contribution in [0.1, 0.15) is 0 Å². The largest absolute Gasteiger partial charge is 0.496 e. The van der Waals surface area contributed by atoms with E-state index in [1.165, 1.54) is 0 Å². The van der Waals surface area contributed by atoms with Gasteiger partial charge in [0.1, 0.15) is 11.5 Å². The van der Waals surface area contributed by atoms with Gasteiger partial charge in [-0.2, -0.15) is 0 Å². The van der Waals surface area contributed by atoms with Crippen molar-refractivity contribution in [2.24, 2.45) is 0 Å². The van der Waals surface area contributed by atoms with Crippen LogP contribution >= 0.6 is 0 Å². The molecule has 0 saturated heterocycles. The number of benzene rings is 2. The maximum Gasteiger partial charge on any atom is 0.134 e. The van der Waals surface area contributed by atoms with Crippen molar-refractivity contribution in [2.45, 2.75) is 0 Å². The predicted molar refractivity (Wildman–Crippen MR) is 55.9 cm³/mol. The molecule has 0 unspecified atom stereocenters. The van der Waals surface area contributed by atoms with Crippen LogP contribution in [0, 0.1) is 6.07 Å². The first-order valence-corrected chi connectivity index (χ1v) is 4.38. The van der Waals surface area contributed by atoms with Gasteiger partial charge in [-0.1, -0.05) is 24.3 Å². The second kappa shape index (κ2) is 3.58. The van der Waals surface area contributed by atoms with E-state index in [0.717, 1.165) is 22.3 Å². The zero-order valence-corrected chi connectivity index (χ0v) is 8.20. The number of hydrogen-bond donors (Lipinski definition) is 0. The third kappa shape index (κ3) is 1.29. The number of ether oxygens (including phenoxy) is 2. The van der Waals surface area contributed by atoms with Gasteiger partial charge in [-0.15, -0.1) is 0 Å². The van der Waals surface area contributed by atoms with Gasteiger partial charge in [-0.05, 0) is 6.07 Å². The van der Waals surface area contributed by atoms with Gasteiger partial charge in [-0.3, -0.25) is 0 Å². The Morgan fingerprint density at radius 1 is 1.00 bits per heavy atom. The average Bonchev–Trinajstić information content (AvgIpc) is 2.27. The van der Waals surface area contributed by atoms with Gasteiger partial charge in [0.05, 0.1) is 14.2 Å². The summed E-state index contributed by atoms with van der Waals surface area (Å²) in [4.78, 5) is 0. The fourth-order valence-corrected chi connectivity index (χ4v) is 1.52. The lowest BCUT2D eigenvalue weighted by Gasteiger charge is -2.08. The molecule has 2 heteroatoms. The fourth-order valence-electron chi connectivity index (χ4n) is 1.52. The first kappa shape index (κ1) is 8.88. The molecule has 2 aromatic carbocycles. The zero-order valence-electron chi connectivity index (χ0n) is 8.20. The van der Waals surface area contributed by atoms with Crippen LogP contribution < -0.4 is 9.47 Å². The summed E-state index contributed by atoms with van der Waals surface area (Å²) in [5, 5.41) is 2.07. The molecule has 71 valence electrons. The minimum atomic E-state index is 0.751. The lowest BCUT2D eigenvalue weighted by Crippen LogP contribution is -1.89. The Labute approximate surface area is 83.1 Å². The van der Waals surface area contributed by atoms with Gasteiger partial charge in [0.25, 0.3) is 0 Å². The Balaban J connectivity index is 2.78. The third-order valence-corrected chi connectivity index (χ3v) is 2.20. The lowest BCUT2D eigenvalue weighted by atomic mass is 10.1. The highest BCUT2D eigenvalue weighted by atomic mass is 16.5. The van der Waals surface area contributed by atoms with Crippen LogP contribution in [0.25, 0.3) is 10.8 Å². The van der Waals surface area contributed by atoms with Crippen molar-refractivity contribution in [1.29, 1.82) is 0 Å². The highest BCUT2D eigenvalue weighted by Gasteiger charge is 2.05. The second-order valence-corrected chi connectivity index (χ2v) is 2.94. The van der Waals surface area contributed by atoms with Gasteiger partial charge in [-0.25, -0.2) is 0 Å². The molecule has 0 saturated carbocycles. The molecule has 2 rings (SSSR count). The first-order valence-electron chi connectivity index (χ1n) is 4.38. The van der Waals surface area contributed by atoms with Crippen molar-refractivity contribution in [1.82, 2.24) is 0 Å². The molecule has 0 aromatic heterocycles. The topological polar surface area (TPSA) is 18.5 Å². The molecule has 2 nitrogen and oxygen atoms in total. The second-order valence-electron chi connectivity index (χ2n) is 2.94. The minimum absolute atomic E-state index is 0.751. The average molecular weight is 187 g/mol. The molecular weight excluding hydrogens is 176 g/mol. The van der Waals surface area contributed by atoms with Crippen LogP contribution in [-0.4, -0.2) is 14.2 Å². The fraction of sp³-hybridized carbons (Fsp3) is 0.167. The van der Waals surface area contributed by atoms with E-state index >= 15 is 0 Å². The molecule has 1 radical (unpaired) electrons. The van der Waals surface area contributed by atoms with Crippen molar-refractivity contribution in [3.8, 4) is 11.5 Å². The molecule has 0 amide bonds. The smallest absolute Gasteiger partial charge is 0.134 e. The van der Waals surface area contributed by atoms with Crippen LogP contribution in [0.4, 0.5) is 0 Å². The van der Waals surface area contributed by atoms with E-state index < -0.39 is 0 Å². The summed E-state index contributed by atoms with van der Waals surface area (Å²) in [5.74, 6) is 1.57. The Kier molecular flexibility index (Phi) is 2.27. The highest BCUT2D eigenvalue weighted by molar-refractivity contribution is 5.92. The molecule has 0 heterocycles. The van der Waals surface area contributed by atoms with Crippen LogP contribution in [0.3, 0.4) is 0 Å². The first-order chi connectivity index (χ1) is 6.86. The number of rotatable bonds is 2.